The van der Waals surface area contributed by atoms with E-state index in [4.69, 9.17) is 4.74 Å². The summed E-state index contributed by atoms with van der Waals surface area (Å²) >= 11 is 0. The number of nitrogens with one attached hydrogen (secondary N) is 2. The van der Waals surface area contributed by atoms with Crippen molar-refractivity contribution >= 4 is 28.8 Å². The molecule has 2 aromatic carbocycles. The zero-order valence-electron chi connectivity index (χ0n) is 15.9. The van der Waals surface area contributed by atoms with Gasteiger partial charge < -0.3 is 20.3 Å². The smallest absolute Gasteiger partial charge is 0.258 e. The third-order valence-corrected chi connectivity index (χ3v) is 4.61. The van der Waals surface area contributed by atoms with Crippen molar-refractivity contribution in [3.05, 3.63) is 71.9 Å². The fourth-order valence-electron chi connectivity index (χ4n) is 3.07. The fourth-order valence-corrected chi connectivity index (χ4v) is 3.07. The summed E-state index contributed by atoms with van der Waals surface area (Å²) in [5.41, 5.74) is 1.95. The van der Waals surface area contributed by atoms with Crippen molar-refractivity contribution in [1.29, 1.82) is 0 Å². The Morgan fingerprint density at radius 3 is 2.47 bits per heavy atom. The van der Waals surface area contributed by atoms with Gasteiger partial charge in [0.1, 0.15) is 11.6 Å². The lowest BCUT2D eigenvalue weighted by Crippen LogP contribution is -2.36. The Morgan fingerprint density at radius 1 is 1.00 bits per heavy atom. The van der Waals surface area contributed by atoms with Crippen molar-refractivity contribution in [1.82, 2.24) is 10.2 Å². The van der Waals surface area contributed by atoms with Crippen LogP contribution in [0.4, 0.5) is 31.7 Å². The van der Waals surface area contributed by atoms with Crippen LogP contribution in [0.5, 0.6) is 0 Å². The van der Waals surface area contributed by atoms with Crippen molar-refractivity contribution in [2.24, 2.45) is 0 Å². The largest absolute Gasteiger partial charge is 0.378 e. The van der Waals surface area contributed by atoms with E-state index in [-0.39, 0.29) is 5.56 Å². The summed E-state index contributed by atoms with van der Waals surface area (Å²) in [5, 5.41) is 13.9. The molecule has 0 saturated carbocycles. The average molecular weight is 411 g/mol. The molecule has 1 aliphatic rings. The third kappa shape index (κ3) is 4.69. The van der Waals surface area contributed by atoms with E-state index in [1.807, 2.05) is 6.07 Å². The molecule has 1 aliphatic heterocycles. The maximum atomic E-state index is 13.7. The van der Waals surface area contributed by atoms with E-state index in [0.717, 1.165) is 36.6 Å². The van der Waals surface area contributed by atoms with Crippen molar-refractivity contribution in [2.75, 3.05) is 41.8 Å². The zero-order valence-corrected chi connectivity index (χ0v) is 15.9. The van der Waals surface area contributed by atoms with E-state index >= 15 is 0 Å². The first-order valence-corrected chi connectivity index (χ1v) is 9.37. The van der Waals surface area contributed by atoms with Crippen LogP contribution in [-0.4, -0.2) is 42.4 Å². The highest BCUT2D eigenvalue weighted by Crippen LogP contribution is 2.22. The molecule has 2 heterocycles. The predicted molar refractivity (Wildman–Crippen MR) is 109 cm³/mol. The monoisotopic (exact) mass is 411 g/mol. The molecule has 0 unspecified atom stereocenters. The minimum atomic E-state index is -0.912. The zero-order chi connectivity index (χ0) is 20.9. The molecule has 0 spiro atoms. The molecule has 1 aromatic heterocycles. The molecule has 7 nitrogen and oxygen atoms in total. The van der Waals surface area contributed by atoms with Crippen LogP contribution in [0, 0.1) is 11.6 Å². The Morgan fingerprint density at radius 2 is 1.73 bits per heavy atom. The van der Waals surface area contributed by atoms with Gasteiger partial charge in [0.05, 0.1) is 30.7 Å². The molecule has 1 saturated heterocycles. The standard InChI is InChI=1S/C21H19F2N5O2/c22-14-1-6-18(19(23)11-14)21(29)26-16-4-2-15(3-5-16)25-20-12-17(13-24-27-20)28-7-9-30-10-8-28/h1-6,11-13H,7-10H2,(H,25,27)(H,26,29). The lowest BCUT2D eigenvalue weighted by Gasteiger charge is -2.28. The molecule has 0 aliphatic carbocycles. The van der Waals surface area contributed by atoms with E-state index in [2.05, 4.69) is 25.7 Å². The summed E-state index contributed by atoms with van der Waals surface area (Å²) in [7, 11) is 0. The molecule has 3 aromatic rings. The van der Waals surface area contributed by atoms with Gasteiger partial charge in [-0.2, -0.15) is 5.10 Å². The van der Waals surface area contributed by atoms with Crippen molar-refractivity contribution < 1.29 is 18.3 Å². The lowest BCUT2D eigenvalue weighted by atomic mass is 10.2. The van der Waals surface area contributed by atoms with Crippen LogP contribution < -0.4 is 15.5 Å². The van der Waals surface area contributed by atoms with Gasteiger partial charge in [-0.1, -0.05) is 0 Å². The molecule has 154 valence electrons. The summed E-state index contributed by atoms with van der Waals surface area (Å²) in [6.45, 7) is 2.96. The topological polar surface area (TPSA) is 79.4 Å². The first-order valence-electron chi connectivity index (χ1n) is 9.37. The number of halogens is 2. The van der Waals surface area contributed by atoms with Crippen LogP contribution in [-0.2, 0) is 4.74 Å². The van der Waals surface area contributed by atoms with Gasteiger partial charge in [-0.15, -0.1) is 5.10 Å². The van der Waals surface area contributed by atoms with Gasteiger partial charge in [-0.25, -0.2) is 8.78 Å². The summed E-state index contributed by atoms with van der Waals surface area (Å²) < 4.78 is 32.1. The second-order valence-electron chi connectivity index (χ2n) is 6.68. The highest BCUT2D eigenvalue weighted by molar-refractivity contribution is 6.04. The number of rotatable bonds is 5. The Balaban J connectivity index is 1.41. The van der Waals surface area contributed by atoms with Crippen LogP contribution in [0.25, 0.3) is 0 Å². The quantitative estimate of drug-likeness (QED) is 0.668. The maximum Gasteiger partial charge on any atom is 0.258 e. The van der Waals surface area contributed by atoms with Gasteiger partial charge in [-0.05, 0) is 36.4 Å². The minimum Gasteiger partial charge on any atom is -0.378 e. The van der Waals surface area contributed by atoms with Crippen LogP contribution in [0.3, 0.4) is 0 Å². The Kier molecular flexibility index (Phi) is 5.80. The molecule has 0 bridgehead atoms. The first kappa shape index (κ1) is 19.7. The van der Waals surface area contributed by atoms with E-state index in [9.17, 15) is 13.6 Å². The highest BCUT2D eigenvalue weighted by Gasteiger charge is 2.14. The van der Waals surface area contributed by atoms with E-state index in [0.29, 0.717) is 30.8 Å². The van der Waals surface area contributed by atoms with E-state index in [1.54, 1.807) is 30.5 Å². The SMILES string of the molecule is O=C(Nc1ccc(Nc2cc(N3CCOCC3)cnn2)cc1)c1ccc(F)cc1F. The number of aromatic nitrogens is 2. The Labute approximate surface area is 171 Å². The van der Waals surface area contributed by atoms with Crippen LogP contribution in [0.2, 0.25) is 0 Å². The molecule has 30 heavy (non-hydrogen) atoms. The Bertz CT molecular complexity index is 1040. The summed E-state index contributed by atoms with van der Waals surface area (Å²) in [6, 6.07) is 11.6. The first-order chi connectivity index (χ1) is 14.6. The number of amides is 1. The molecular weight excluding hydrogens is 392 g/mol. The van der Waals surface area contributed by atoms with Crippen molar-refractivity contribution in [3.8, 4) is 0 Å². The van der Waals surface area contributed by atoms with Crippen molar-refractivity contribution in [2.45, 2.75) is 0 Å². The summed E-state index contributed by atoms with van der Waals surface area (Å²) in [6.07, 6.45) is 1.71. The number of carbonyl (C=O) groups is 1. The molecule has 2 N–H and O–H groups in total. The maximum absolute atomic E-state index is 13.7. The molecule has 0 radical (unpaired) electrons. The molecule has 1 fully saturated rings. The molecular formula is C21H19F2N5O2. The number of hydrogen-bond acceptors (Lipinski definition) is 6. The van der Waals surface area contributed by atoms with Crippen LogP contribution in [0.15, 0.2) is 54.7 Å². The van der Waals surface area contributed by atoms with Gasteiger partial charge in [0.15, 0.2) is 5.82 Å². The number of ether oxygens (including phenoxy) is 1. The second-order valence-corrected chi connectivity index (χ2v) is 6.68. The van der Waals surface area contributed by atoms with Gasteiger partial charge in [0.25, 0.3) is 5.91 Å². The molecule has 0 atom stereocenters. The molecule has 9 heteroatoms. The average Bonchev–Trinajstić information content (AvgIpc) is 2.76. The number of benzene rings is 2. The van der Waals surface area contributed by atoms with Gasteiger partial charge in [0.2, 0.25) is 0 Å². The van der Waals surface area contributed by atoms with E-state index in [1.165, 1.54) is 0 Å². The highest BCUT2D eigenvalue weighted by atomic mass is 19.1. The van der Waals surface area contributed by atoms with Gasteiger partial charge >= 0.3 is 0 Å². The number of morpholine rings is 1. The second kappa shape index (κ2) is 8.83. The normalized spacial score (nSPS) is 13.7. The number of nitrogens with zero attached hydrogens (tertiary/aromatic N) is 3. The van der Waals surface area contributed by atoms with Crippen LogP contribution >= 0.6 is 0 Å². The summed E-state index contributed by atoms with van der Waals surface area (Å²) in [5.74, 6) is -1.72. The summed E-state index contributed by atoms with van der Waals surface area (Å²) in [4.78, 5) is 14.4. The molecule has 1 amide bonds. The number of carbonyl (C=O) groups excluding carboxylic acids is 1. The third-order valence-electron chi connectivity index (χ3n) is 4.61. The Hall–Kier alpha value is -3.59. The molecule has 4 rings (SSSR count). The predicted octanol–water partition coefficient (Wildman–Crippen LogP) is 3.59. The lowest BCUT2D eigenvalue weighted by molar-refractivity contribution is 0.102. The number of anilines is 4. The number of hydrogen-bond donors (Lipinski definition) is 2. The van der Waals surface area contributed by atoms with Gasteiger partial charge in [-0.3, -0.25) is 4.79 Å². The van der Waals surface area contributed by atoms with Crippen LogP contribution in [0.1, 0.15) is 10.4 Å². The van der Waals surface area contributed by atoms with Crippen molar-refractivity contribution in [3.63, 3.8) is 0 Å². The van der Waals surface area contributed by atoms with Gasteiger partial charge in [0, 0.05) is 36.6 Å². The minimum absolute atomic E-state index is 0.228. The van der Waals surface area contributed by atoms with E-state index < -0.39 is 17.5 Å². The fraction of sp³-hybridized carbons (Fsp3) is 0.190.